The largest absolute Gasteiger partial charge is 0.462 e. The van der Waals surface area contributed by atoms with E-state index in [0.29, 0.717) is 16.9 Å². The molecule has 1 aromatic heterocycles. The van der Waals surface area contributed by atoms with Gasteiger partial charge in [0.15, 0.2) is 6.29 Å². The number of hydrogen-bond acceptors (Lipinski definition) is 5. The number of aldehydes is 1. The lowest BCUT2D eigenvalue weighted by Gasteiger charge is -2.11. The Balaban J connectivity index is 2.61. The van der Waals surface area contributed by atoms with Crippen LogP contribution >= 0.6 is 0 Å². The number of carbonyl (C=O) groups excluding carboxylic acids is 2. The molecule has 0 radical (unpaired) electrons. The fourth-order valence-corrected chi connectivity index (χ4v) is 2.50. The monoisotopic (exact) mass is 316 g/mol. The number of esters is 1. The molecule has 1 heterocycles. The van der Waals surface area contributed by atoms with Crippen LogP contribution in [-0.4, -0.2) is 28.4 Å². The summed E-state index contributed by atoms with van der Waals surface area (Å²) in [6.07, 6.45) is 0.736. The summed E-state index contributed by atoms with van der Waals surface area (Å²) < 4.78 is 6.56. The van der Waals surface area contributed by atoms with Gasteiger partial charge in [0.2, 0.25) is 0 Å². The van der Waals surface area contributed by atoms with Gasteiger partial charge in [0, 0.05) is 23.0 Å². The number of nitro groups is 1. The Morgan fingerprint density at radius 2 is 2.04 bits per heavy atom. The first kappa shape index (κ1) is 16.4. The number of aryl methyl sites for hydroxylation is 1. The Morgan fingerprint density at radius 3 is 2.57 bits per heavy atom. The molecule has 2 aromatic rings. The van der Waals surface area contributed by atoms with Crippen LogP contribution in [0.4, 0.5) is 5.69 Å². The van der Waals surface area contributed by atoms with Crippen LogP contribution in [0.5, 0.6) is 0 Å². The van der Waals surface area contributed by atoms with Gasteiger partial charge in [-0.15, -0.1) is 0 Å². The molecule has 7 heteroatoms. The molecular formula is C16H16N2O5. The van der Waals surface area contributed by atoms with Gasteiger partial charge in [0.25, 0.3) is 5.69 Å². The van der Waals surface area contributed by atoms with E-state index in [-0.39, 0.29) is 17.9 Å². The SMILES string of the molecule is CCOC(=O)c1ccc(-n2c(C)cc(C=O)c2C)cc1[N+](=O)[O-]. The van der Waals surface area contributed by atoms with Gasteiger partial charge in [-0.2, -0.15) is 0 Å². The van der Waals surface area contributed by atoms with Crippen molar-refractivity contribution in [2.75, 3.05) is 6.61 Å². The summed E-state index contributed by atoms with van der Waals surface area (Å²) >= 11 is 0. The maximum atomic E-state index is 11.8. The van der Waals surface area contributed by atoms with Crippen molar-refractivity contribution >= 4 is 17.9 Å². The highest BCUT2D eigenvalue weighted by atomic mass is 16.6. The fourth-order valence-electron chi connectivity index (χ4n) is 2.50. The Morgan fingerprint density at radius 1 is 1.35 bits per heavy atom. The van der Waals surface area contributed by atoms with Gasteiger partial charge in [-0.3, -0.25) is 14.9 Å². The van der Waals surface area contributed by atoms with Gasteiger partial charge in [-0.05, 0) is 39.0 Å². The van der Waals surface area contributed by atoms with E-state index in [9.17, 15) is 19.7 Å². The van der Waals surface area contributed by atoms with Gasteiger partial charge < -0.3 is 9.30 Å². The summed E-state index contributed by atoms with van der Waals surface area (Å²) in [5.74, 6) is -0.736. The van der Waals surface area contributed by atoms with Crippen LogP contribution in [0.25, 0.3) is 5.69 Å². The molecule has 0 saturated carbocycles. The van der Waals surface area contributed by atoms with Gasteiger partial charge in [0.1, 0.15) is 5.56 Å². The van der Waals surface area contributed by atoms with Crippen molar-refractivity contribution in [3.05, 3.63) is 56.9 Å². The second kappa shape index (κ2) is 6.43. The summed E-state index contributed by atoms with van der Waals surface area (Å²) in [6, 6.07) is 5.97. The highest BCUT2D eigenvalue weighted by Gasteiger charge is 2.23. The van der Waals surface area contributed by atoms with E-state index in [1.54, 1.807) is 37.5 Å². The highest BCUT2D eigenvalue weighted by Crippen LogP contribution is 2.26. The predicted molar refractivity (Wildman–Crippen MR) is 83.2 cm³/mol. The molecule has 0 aliphatic rings. The molecule has 0 atom stereocenters. The molecule has 0 N–H and O–H groups in total. The molecule has 120 valence electrons. The van der Waals surface area contributed by atoms with Crippen molar-refractivity contribution in [1.82, 2.24) is 4.57 Å². The van der Waals surface area contributed by atoms with Crippen LogP contribution in [0, 0.1) is 24.0 Å². The Hall–Kier alpha value is -2.96. The summed E-state index contributed by atoms with van der Waals surface area (Å²) in [7, 11) is 0. The molecule has 0 unspecified atom stereocenters. The molecule has 0 amide bonds. The van der Waals surface area contributed by atoms with E-state index in [4.69, 9.17) is 4.74 Å². The third kappa shape index (κ3) is 2.98. The molecule has 0 fully saturated rings. The lowest BCUT2D eigenvalue weighted by atomic mass is 10.1. The second-order valence-corrected chi connectivity index (χ2v) is 4.96. The van der Waals surface area contributed by atoms with Gasteiger partial charge in [-0.25, -0.2) is 4.79 Å². The van der Waals surface area contributed by atoms with E-state index in [1.807, 2.05) is 0 Å². The molecule has 0 spiro atoms. The van der Waals surface area contributed by atoms with Gasteiger partial charge in [0.05, 0.1) is 17.2 Å². The normalized spacial score (nSPS) is 10.4. The lowest BCUT2D eigenvalue weighted by molar-refractivity contribution is -0.385. The Bertz CT molecular complexity index is 792. The van der Waals surface area contributed by atoms with Crippen molar-refractivity contribution in [3.8, 4) is 5.69 Å². The zero-order valence-corrected chi connectivity index (χ0v) is 13.0. The smallest absolute Gasteiger partial charge is 0.345 e. The number of rotatable bonds is 5. The van der Waals surface area contributed by atoms with E-state index in [1.165, 1.54) is 12.1 Å². The number of carbonyl (C=O) groups is 2. The number of benzene rings is 1. The van der Waals surface area contributed by atoms with Crippen molar-refractivity contribution in [2.45, 2.75) is 20.8 Å². The minimum atomic E-state index is -0.736. The third-order valence-electron chi connectivity index (χ3n) is 3.53. The molecule has 0 bridgehead atoms. The van der Waals surface area contributed by atoms with E-state index in [0.717, 1.165) is 12.0 Å². The van der Waals surface area contributed by atoms with Crippen LogP contribution in [-0.2, 0) is 4.74 Å². The molecule has 0 saturated heterocycles. The number of hydrogen-bond donors (Lipinski definition) is 0. The zero-order chi connectivity index (χ0) is 17.1. The van der Waals surface area contributed by atoms with E-state index < -0.39 is 10.9 Å². The van der Waals surface area contributed by atoms with Crippen molar-refractivity contribution in [3.63, 3.8) is 0 Å². The summed E-state index contributed by atoms with van der Waals surface area (Å²) in [4.78, 5) is 33.5. The average Bonchev–Trinajstić information content (AvgIpc) is 2.81. The number of nitro benzene ring substituents is 1. The molecule has 7 nitrogen and oxygen atoms in total. The minimum absolute atomic E-state index is 0.0985. The van der Waals surface area contributed by atoms with Crippen molar-refractivity contribution in [1.29, 1.82) is 0 Å². The highest BCUT2D eigenvalue weighted by molar-refractivity contribution is 5.94. The average molecular weight is 316 g/mol. The van der Waals surface area contributed by atoms with E-state index in [2.05, 4.69) is 0 Å². The maximum absolute atomic E-state index is 11.8. The first-order chi connectivity index (χ1) is 10.9. The lowest BCUT2D eigenvalue weighted by Crippen LogP contribution is -2.09. The molecule has 0 aliphatic heterocycles. The molecule has 1 aromatic carbocycles. The number of ether oxygens (including phenoxy) is 1. The fraction of sp³-hybridized carbons (Fsp3) is 0.250. The molecule has 23 heavy (non-hydrogen) atoms. The van der Waals surface area contributed by atoms with Gasteiger partial charge in [-0.1, -0.05) is 0 Å². The molecule has 2 rings (SSSR count). The quantitative estimate of drug-likeness (QED) is 0.366. The van der Waals surface area contributed by atoms with Gasteiger partial charge >= 0.3 is 5.97 Å². The van der Waals surface area contributed by atoms with Crippen molar-refractivity contribution in [2.24, 2.45) is 0 Å². The number of nitrogens with zero attached hydrogens (tertiary/aromatic N) is 2. The van der Waals surface area contributed by atoms with Crippen LogP contribution < -0.4 is 0 Å². The zero-order valence-electron chi connectivity index (χ0n) is 13.0. The maximum Gasteiger partial charge on any atom is 0.345 e. The molecule has 0 aliphatic carbocycles. The third-order valence-corrected chi connectivity index (χ3v) is 3.53. The summed E-state index contributed by atoms with van der Waals surface area (Å²) in [5, 5.41) is 11.3. The minimum Gasteiger partial charge on any atom is -0.462 e. The van der Waals surface area contributed by atoms with Crippen LogP contribution in [0.2, 0.25) is 0 Å². The molecular weight excluding hydrogens is 300 g/mol. The standard InChI is InChI=1S/C16H16N2O5/c1-4-23-16(20)14-6-5-13(8-15(14)18(21)22)17-10(2)7-12(9-19)11(17)3/h5-9H,4H2,1-3H3. The topological polar surface area (TPSA) is 91.4 Å². The second-order valence-electron chi connectivity index (χ2n) is 4.96. The first-order valence-electron chi connectivity index (χ1n) is 7.00. The number of aromatic nitrogens is 1. The van der Waals surface area contributed by atoms with Crippen LogP contribution in [0.1, 0.15) is 39.0 Å². The van der Waals surface area contributed by atoms with Crippen LogP contribution in [0.3, 0.4) is 0 Å². The summed E-state index contributed by atoms with van der Waals surface area (Å²) in [6.45, 7) is 5.31. The first-order valence-corrected chi connectivity index (χ1v) is 7.00. The predicted octanol–water partition coefficient (Wildman–Crippen LogP) is 2.99. The Kier molecular flexibility index (Phi) is 4.59. The van der Waals surface area contributed by atoms with Crippen molar-refractivity contribution < 1.29 is 19.2 Å². The van der Waals surface area contributed by atoms with E-state index >= 15 is 0 Å². The summed E-state index contributed by atoms with van der Waals surface area (Å²) in [5.41, 5.74) is 2.03. The Labute approximate surface area is 132 Å². The van der Waals surface area contributed by atoms with Crippen LogP contribution in [0.15, 0.2) is 24.3 Å².